The monoisotopic (exact) mass is 354 g/mol. The molecule has 108 valence electrons. The van der Waals surface area contributed by atoms with Crippen molar-refractivity contribution in [2.75, 3.05) is 5.88 Å². The van der Waals surface area contributed by atoms with Crippen LogP contribution in [0.4, 0.5) is 0 Å². The van der Waals surface area contributed by atoms with Crippen molar-refractivity contribution in [3.05, 3.63) is 51.8 Å². The fourth-order valence-electron chi connectivity index (χ4n) is 2.39. The van der Waals surface area contributed by atoms with Crippen LogP contribution in [0.3, 0.4) is 0 Å². The summed E-state index contributed by atoms with van der Waals surface area (Å²) in [6.07, 6.45) is 2.93. The second kappa shape index (κ2) is 7.28. The molecule has 2 nitrogen and oxygen atoms in total. The van der Waals surface area contributed by atoms with Gasteiger partial charge in [-0.25, -0.2) is 0 Å². The third kappa shape index (κ3) is 3.86. The Labute approximate surface area is 134 Å². The highest BCUT2D eigenvalue weighted by molar-refractivity contribution is 9.10. The van der Waals surface area contributed by atoms with Gasteiger partial charge in [0.1, 0.15) is 0 Å². The summed E-state index contributed by atoms with van der Waals surface area (Å²) in [6, 6.07) is 10.5. The number of rotatable bonds is 6. The number of hydrogen-bond acceptors (Lipinski definition) is 1. The first kappa shape index (κ1) is 15.6. The highest BCUT2D eigenvalue weighted by Crippen LogP contribution is 2.22. The van der Waals surface area contributed by atoms with E-state index in [2.05, 4.69) is 52.2 Å². The van der Waals surface area contributed by atoms with Crippen LogP contribution in [-0.2, 0) is 26.3 Å². The molecule has 1 aromatic carbocycles. The van der Waals surface area contributed by atoms with Gasteiger partial charge in [0.15, 0.2) is 0 Å². The van der Waals surface area contributed by atoms with E-state index in [1.165, 1.54) is 11.3 Å². The van der Waals surface area contributed by atoms with Crippen molar-refractivity contribution in [1.82, 2.24) is 9.78 Å². The van der Waals surface area contributed by atoms with E-state index >= 15 is 0 Å². The van der Waals surface area contributed by atoms with Crippen LogP contribution in [0.2, 0.25) is 0 Å². The average Bonchev–Trinajstić information content (AvgIpc) is 2.81. The molecule has 0 N–H and O–H groups in total. The lowest BCUT2D eigenvalue weighted by Crippen LogP contribution is -2.13. The molecular weight excluding hydrogens is 336 g/mol. The summed E-state index contributed by atoms with van der Waals surface area (Å²) in [5, 5.41) is 4.51. The van der Waals surface area contributed by atoms with Gasteiger partial charge in [-0.15, -0.1) is 11.6 Å². The van der Waals surface area contributed by atoms with Crippen molar-refractivity contribution < 1.29 is 0 Å². The van der Waals surface area contributed by atoms with Crippen LogP contribution in [0, 0.1) is 5.92 Å². The maximum absolute atomic E-state index is 6.17. The number of nitrogens with zero attached hydrogens (tertiary/aromatic N) is 2. The van der Waals surface area contributed by atoms with Gasteiger partial charge in [-0.05, 0) is 42.9 Å². The smallest absolute Gasteiger partial charge is 0.0624 e. The van der Waals surface area contributed by atoms with Crippen molar-refractivity contribution in [2.24, 2.45) is 13.0 Å². The number of aryl methyl sites for hydroxylation is 2. The first-order valence-corrected chi connectivity index (χ1v) is 8.28. The SMILES string of the molecule is CCc1cc(CC(CCl)Cc2ccccc2Br)n(C)n1. The van der Waals surface area contributed by atoms with Gasteiger partial charge in [0, 0.05) is 23.1 Å². The van der Waals surface area contributed by atoms with E-state index < -0.39 is 0 Å². The molecule has 20 heavy (non-hydrogen) atoms. The summed E-state index contributed by atoms with van der Waals surface area (Å²) in [7, 11) is 2.01. The molecule has 1 unspecified atom stereocenters. The molecule has 0 fully saturated rings. The Morgan fingerprint density at radius 3 is 2.65 bits per heavy atom. The van der Waals surface area contributed by atoms with Crippen LogP contribution in [0.1, 0.15) is 23.9 Å². The fraction of sp³-hybridized carbons (Fsp3) is 0.438. The molecule has 0 radical (unpaired) electrons. The van der Waals surface area contributed by atoms with Gasteiger partial charge in [0.05, 0.1) is 5.69 Å². The van der Waals surface area contributed by atoms with Crippen molar-refractivity contribution in [3.63, 3.8) is 0 Å². The lowest BCUT2D eigenvalue weighted by atomic mass is 9.96. The average molecular weight is 356 g/mol. The summed E-state index contributed by atoms with van der Waals surface area (Å²) in [5.74, 6) is 1.09. The Bertz CT molecular complexity index is 565. The van der Waals surface area contributed by atoms with Crippen molar-refractivity contribution >= 4 is 27.5 Å². The third-order valence-electron chi connectivity index (χ3n) is 3.57. The lowest BCUT2D eigenvalue weighted by molar-refractivity contribution is 0.550. The molecule has 0 amide bonds. The Morgan fingerprint density at radius 1 is 1.30 bits per heavy atom. The van der Waals surface area contributed by atoms with Crippen molar-refractivity contribution in [2.45, 2.75) is 26.2 Å². The van der Waals surface area contributed by atoms with Crippen LogP contribution in [0.15, 0.2) is 34.8 Å². The first-order chi connectivity index (χ1) is 9.63. The van der Waals surface area contributed by atoms with Crippen molar-refractivity contribution in [1.29, 1.82) is 0 Å². The maximum Gasteiger partial charge on any atom is 0.0624 e. The van der Waals surface area contributed by atoms with Gasteiger partial charge in [0.25, 0.3) is 0 Å². The van der Waals surface area contributed by atoms with Gasteiger partial charge in [-0.3, -0.25) is 4.68 Å². The molecule has 1 heterocycles. The number of benzene rings is 1. The fourth-order valence-corrected chi connectivity index (χ4v) is 3.05. The molecule has 0 aliphatic heterocycles. The standard InChI is InChI=1S/C16H20BrClN2/c1-3-14-10-15(20(2)19-14)9-12(11-18)8-13-6-4-5-7-16(13)17/h4-7,10,12H,3,8-9,11H2,1-2H3. The van der Waals surface area contributed by atoms with E-state index in [0.29, 0.717) is 11.8 Å². The van der Waals surface area contributed by atoms with E-state index in [-0.39, 0.29) is 0 Å². The number of halogens is 2. The van der Waals surface area contributed by atoms with Crippen molar-refractivity contribution in [3.8, 4) is 0 Å². The summed E-state index contributed by atoms with van der Waals surface area (Å²) < 4.78 is 3.15. The molecule has 0 spiro atoms. The third-order valence-corrected chi connectivity index (χ3v) is 4.78. The topological polar surface area (TPSA) is 17.8 Å². The van der Waals surface area contributed by atoms with Gasteiger partial charge in [0.2, 0.25) is 0 Å². The minimum atomic E-state index is 0.426. The van der Waals surface area contributed by atoms with E-state index in [1.807, 2.05) is 17.8 Å². The predicted molar refractivity (Wildman–Crippen MR) is 88.3 cm³/mol. The molecular formula is C16H20BrClN2. The summed E-state index contributed by atoms with van der Waals surface area (Å²) in [4.78, 5) is 0. The van der Waals surface area contributed by atoms with Crippen LogP contribution in [-0.4, -0.2) is 15.7 Å². The van der Waals surface area contributed by atoms with Gasteiger partial charge in [-0.1, -0.05) is 41.1 Å². The number of hydrogen-bond donors (Lipinski definition) is 0. The molecule has 0 aliphatic carbocycles. The van der Waals surface area contributed by atoms with E-state index in [4.69, 9.17) is 11.6 Å². The zero-order valence-electron chi connectivity index (χ0n) is 11.9. The molecule has 2 rings (SSSR count). The van der Waals surface area contributed by atoms with Gasteiger partial charge < -0.3 is 0 Å². The Morgan fingerprint density at radius 2 is 2.05 bits per heavy atom. The summed E-state index contributed by atoms with van der Waals surface area (Å²) in [6.45, 7) is 2.13. The van der Waals surface area contributed by atoms with E-state index in [1.54, 1.807) is 0 Å². The Hall–Kier alpha value is -0.800. The minimum Gasteiger partial charge on any atom is -0.272 e. The molecule has 4 heteroatoms. The molecule has 2 aromatic rings. The molecule has 0 saturated heterocycles. The second-order valence-electron chi connectivity index (χ2n) is 5.12. The highest BCUT2D eigenvalue weighted by atomic mass is 79.9. The van der Waals surface area contributed by atoms with Gasteiger partial charge >= 0.3 is 0 Å². The van der Waals surface area contributed by atoms with Crippen LogP contribution in [0.5, 0.6) is 0 Å². The van der Waals surface area contributed by atoms with Crippen LogP contribution >= 0.6 is 27.5 Å². The Kier molecular flexibility index (Phi) is 5.67. The molecule has 0 aliphatic rings. The highest BCUT2D eigenvalue weighted by Gasteiger charge is 2.14. The Balaban J connectivity index is 2.09. The maximum atomic E-state index is 6.17. The van der Waals surface area contributed by atoms with E-state index in [0.717, 1.165) is 29.4 Å². The number of aromatic nitrogens is 2. The minimum absolute atomic E-state index is 0.426. The van der Waals surface area contributed by atoms with Crippen LogP contribution in [0.25, 0.3) is 0 Å². The lowest BCUT2D eigenvalue weighted by Gasteiger charge is -2.15. The zero-order chi connectivity index (χ0) is 14.5. The molecule has 0 saturated carbocycles. The van der Waals surface area contributed by atoms with E-state index in [9.17, 15) is 0 Å². The van der Waals surface area contributed by atoms with Gasteiger partial charge in [-0.2, -0.15) is 5.10 Å². The predicted octanol–water partition coefficient (Wildman–Crippen LogP) is 4.39. The quantitative estimate of drug-likeness (QED) is 0.703. The normalized spacial score (nSPS) is 12.6. The second-order valence-corrected chi connectivity index (χ2v) is 6.29. The molecule has 0 bridgehead atoms. The summed E-state index contributed by atoms with van der Waals surface area (Å²) in [5.41, 5.74) is 3.73. The van der Waals surface area contributed by atoms with Crippen LogP contribution < -0.4 is 0 Å². The molecule has 1 atom stereocenters. The zero-order valence-corrected chi connectivity index (χ0v) is 14.3. The number of alkyl halides is 1. The summed E-state index contributed by atoms with van der Waals surface area (Å²) >= 11 is 9.78. The first-order valence-electron chi connectivity index (χ1n) is 6.95. The largest absolute Gasteiger partial charge is 0.272 e. The molecule has 1 aromatic heterocycles.